The number of amides is 1. The molecule has 3 heterocycles. The molecule has 0 aromatic rings. The van der Waals surface area contributed by atoms with Gasteiger partial charge >= 0.3 is 0 Å². The lowest BCUT2D eigenvalue weighted by Gasteiger charge is -2.33. The third-order valence-corrected chi connectivity index (χ3v) is 5.41. The van der Waals surface area contributed by atoms with Crippen LogP contribution in [0.5, 0.6) is 0 Å². The van der Waals surface area contributed by atoms with Crippen LogP contribution in [0.4, 0.5) is 0 Å². The largest absolute Gasteiger partial charge is 0.381 e. The molecule has 1 atom stereocenters. The quantitative estimate of drug-likeness (QED) is 0.707. The molecule has 0 spiro atoms. The van der Waals surface area contributed by atoms with Crippen molar-refractivity contribution in [2.45, 2.75) is 44.9 Å². The molecule has 4 nitrogen and oxygen atoms in total. The van der Waals surface area contributed by atoms with Crippen molar-refractivity contribution in [3.63, 3.8) is 0 Å². The lowest BCUT2D eigenvalue weighted by molar-refractivity contribution is -0.136. The average Bonchev–Trinajstić information content (AvgIpc) is 3.25. The van der Waals surface area contributed by atoms with E-state index in [-0.39, 0.29) is 5.92 Å². The SMILES string of the molecule is O=C(C1CCOC1)N1CCC(CCCCN2C=CCC2)CC1. The Labute approximate surface area is 134 Å². The second-order valence-corrected chi connectivity index (χ2v) is 7.03. The predicted molar refractivity (Wildman–Crippen MR) is 87.4 cm³/mol. The van der Waals surface area contributed by atoms with E-state index in [9.17, 15) is 4.79 Å². The van der Waals surface area contributed by atoms with E-state index in [2.05, 4.69) is 22.1 Å². The third-order valence-electron chi connectivity index (χ3n) is 5.41. The van der Waals surface area contributed by atoms with Gasteiger partial charge < -0.3 is 14.5 Å². The van der Waals surface area contributed by atoms with Gasteiger partial charge in [-0.2, -0.15) is 0 Å². The molecule has 3 aliphatic heterocycles. The second-order valence-electron chi connectivity index (χ2n) is 7.03. The van der Waals surface area contributed by atoms with E-state index in [4.69, 9.17) is 4.74 Å². The fourth-order valence-corrected chi connectivity index (χ4v) is 3.90. The topological polar surface area (TPSA) is 32.8 Å². The lowest BCUT2D eigenvalue weighted by atomic mass is 9.91. The van der Waals surface area contributed by atoms with Crippen molar-refractivity contribution in [1.82, 2.24) is 9.80 Å². The van der Waals surface area contributed by atoms with E-state index >= 15 is 0 Å². The molecule has 1 amide bonds. The van der Waals surface area contributed by atoms with Crippen LogP contribution in [-0.2, 0) is 9.53 Å². The summed E-state index contributed by atoms with van der Waals surface area (Å²) < 4.78 is 5.34. The number of carbonyl (C=O) groups is 1. The number of carbonyl (C=O) groups excluding carboxylic acids is 1. The minimum Gasteiger partial charge on any atom is -0.381 e. The number of piperidine rings is 1. The molecule has 0 saturated carbocycles. The minimum atomic E-state index is 0.144. The molecule has 0 N–H and O–H groups in total. The van der Waals surface area contributed by atoms with Crippen LogP contribution in [0.2, 0.25) is 0 Å². The first-order chi connectivity index (χ1) is 10.8. The molecule has 2 fully saturated rings. The Morgan fingerprint density at radius 3 is 2.68 bits per heavy atom. The molecular formula is C18H30N2O2. The van der Waals surface area contributed by atoms with Crippen LogP contribution in [0.1, 0.15) is 44.9 Å². The van der Waals surface area contributed by atoms with Gasteiger partial charge in [-0.1, -0.05) is 18.9 Å². The average molecular weight is 306 g/mol. The molecule has 3 rings (SSSR count). The lowest BCUT2D eigenvalue weighted by Crippen LogP contribution is -2.42. The summed E-state index contributed by atoms with van der Waals surface area (Å²) in [5.41, 5.74) is 0. The molecule has 3 aliphatic rings. The Morgan fingerprint density at radius 2 is 2.00 bits per heavy atom. The molecule has 0 bridgehead atoms. The molecule has 1 unspecified atom stereocenters. The Hall–Kier alpha value is -1.03. The van der Waals surface area contributed by atoms with Crippen molar-refractivity contribution in [3.8, 4) is 0 Å². The fourth-order valence-electron chi connectivity index (χ4n) is 3.90. The van der Waals surface area contributed by atoms with Crippen LogP contribution < -0.4 is 0 Å². The first-order valence-corrected chi connectivity index (χ1v) is 9.10. The van der Waals surface area contributed by atoms with Crippen LogP contribution in [0.3, 0.4) is 0 Å². The van der Waals surface area contributed by atoms with E-state index in [0.29, 0.717) is 12.5 Å². The van der Waals surface area contributed by atoms with Crippen LogP contribution >= 0.6 is 0 Å². The Bertz CT molecular complexity index is 383. The zero-order valence-corrected chi connectivity index (χ0v) is 13.7. The number of hydrogen-bond donors (Lipinski definition) is 0. The zero-order chi connectivity index (χ0) is 15.2. The van der Waals surface area contributed by atoms with Crippen molar-refractivity contribution < 1.29 is 9.53 Å². The van der Waals surface area contributed by atoms with E-state index in [0.717, 1.165) is 32.0 Å². The van der Waals surface area contributed by atoms with Crippen molar-refractivity contribution >= 4 is 5.91 Å². The standard InChI is InChI=1S/C18H30N2O2/c21-18(17-8-14-22-15-17)20-12-6-16(7-13-20)5-1-2-9-19-10-3-4-11-19/h3,10,16-17H,1-2,4-9,11-15H2. The van der Waals surface area contributed by atoms with E-state index < -0.39 is 0 Å². The highest BCUT2D eigenvalue weighted by Crippen LogP contribution is 2.25. The van der Waals surface area contributed by atoms with Gasteiger partial charge in [-0.05, 0) is 44.2 Å². The highest BCUT2D eigenvalue weighted by atomic mass is 16.5. The molecule has 4 heteroatoms. The molecule has 0 aromatic carbocycles. The number of ether oxygens (including phenoxy) is 1. The third kappa shape index (κ3) is 4.25. The van der Waals surface area contributed by atoms with Gasteiger partial charge in [0.05, 0.1) is 12.5 Å². The van der Waals surface area contributed by atoms with Gasteiger partial charge in [-0.3, -0.25) is 4.79 Å². The van der Waals surface area contributed by atoms with Crippen molar-refractivity contribution in [3.05, 3.63) is 12.3 Å². The van der Waals surface area contributed by atoms with Gasteiger partial charge in [0.1, 0.15) is 0 Å². The maximum Gasteiger partial charge on any atom is 0.228 e. The van der Waals surface area contributed by atoms with E-state index in [1.807, 2.05) is 0 Å². The summed E-state index contributed by atoms with van der Waals surface area (Å²) in [6, 6.07) is 0. The molecule has 124 valence electrons. The molecule has 2 saturated heterocycles. The molecule has 22 heavy (non-hydrogen) atoms. The van der Waals surface area contributed by atoms with Crippen LogP contribution in [0, 0.1) is 11.8 Å². The summed E-state index contributed by atoms with van der Waals surface area (Å²) in [6.07, 6.45) is 13.0. The number of unbranched alkanes of at least 4 members (excludes halogenated alkanes) is 1. The summed E-state index contributed by atoms with van der Waals surface area (Å²) >= 11 is 0. The molecular weight excluding hydrogens is 276 g/mol. The number of nitrogens with zero attached hydrogens (tertiary/aromatic N) is 2. The van der Waals surface area contributed by atoms with Crippen LogP contribution in [0.15, 0.2) is 12.3 Å². The summed E-state index contributed by atoms with van der Waals surface area (Å²) in [4.78, 5) is 16.9. The van der Waals surface area contributed by atoms with Crippen LogP contribution in [0.25, 0.3) is 0 Å². The fraction of sp³-hybridized carbons (Fsp3) is 0.833. The maximum absolute atomic E-state index is 12.3. The normalized spacial score (nSPS) is 26.1. The predicted octanol–water partition coefficient (Wildman–Crippen LogP) is 2.65. The number of rotatable bonds is 6. The first-order valence-electron chi connectivity index (χ1n) is 9.10. The number of hydrogen-bond acceptors (Lipinski definition) is 3. The van der Waals surface area contributed by atoms with Gasteiger partial charge in [-0.25, -0.2) is 0 Å². The molecule has 0 aromatic heterocycles. The second kappa shape index (κ2) is 8.00. The van der Waals surface area contributed by atoms with Gasteiger partial charge in [0.15, 0.2) is 0 Å². The smallest absolute Gasteiger partial charge is 0.228 e. The highest BCUT2D eigenvalue weighted by Gasteiger charge is 2.30. The Kier molecular flexibility index (Phi) is 5.76. The van der Waals surface area contributed by atoms with Crippen molar-refractivity contribution in [1.29, 1.82) is 0 Å². The monoisotopic (exact) mass is 306 g/mol. The first kappa shape index (κ1) is 15.9. The van der Waals surface area contributed by atoms with Gasteiger partial charge in [0.2, 0.25) is 5.91 Å². The summed E-state index contributed by atoms with van der Waals surface area (Å²) in [7, 11) is 0. The maximum atomic E-state index is 12.3. The van der Waals surface area contributed by atoms with Gasteiger partial charge in [0, 0.05) is 32.8 Å². The number of likely N-dealkylation sites (tertiary alicyclic amines) is 1. The molecule has 0 aliphatic carbocycles. The summed E-state index contributed by atoms with van der Waals surface area (Å²) in [6.45, 7) is 5.77. The van der Waals surface area contributed by atoms with Crippen molar-refractivity contribution in [2.24, 2.45) is 11.8 Å². The summed E-state index contributed by atoms with van der Waals surface area (Å²) in [5.74, 6) is 1.32. The molecule has 0 radical (unpaired) electrons. The minimum absolute atomic E-state index is 0.144. The summed E-state index contributed by atoms with van der Waals surface area (Å²) in [5, 5.41) is 0. The highest BCUT2D eigenvalue weighted by molar-refractivity contribution is 5.79. The Balaban J connectivity index is 1.28. The van der Waals surface area contributed by atoms with E-state index in [1.54, 1.807) is 0 Å². The Morgan fingerprint density at radius 1 is 1.14 bits per heavy atom. The van der Waals surface area contributed by atoms with E-state index in [1.165, 1.54) is 51.6 Å². The zero-order valence-electron chi connectivity index (χ0n) is 13.7. The van der Waals surface area contributed by atoms with Crippen molar-refractivity contribution in [2.75, 3.05) is 39.4 Å². The van der Waals surface area contributed by atoms with Crippen LogP contribution in [-0.4, -0.2) is 55.1 Å². The van der Waals surface area contributed by atoms with Gasteiger partial charge in [-0.15, -0.1) is 0 Å². The van der Waals surface area contributed by atoms with Gasteiger partial charge in [0.25, 0.3) is 0 Å².